The van der Waals surface area contributed by atoms with Gasteiger partial charge in [-0.05, 0) is 24.6 Å². The summed E-state index contributed by atoms with van der Waals surface area (Å²) in [4.78, 5) is 13.9. The highest BCUT2D eigenvalue weighted by atomic mass is 16.4. The van der Waals surface area contributed by atoms with Crippen LogP contribution in [0.2, 0.25) is 0 Å². The van der Waals surface area contributed by atoms with E-state index in [1.165, 1.54) is 12.0 Å². The second-order valence-corrected chi connectivity index (χ2v) is 3.95. The minimum Gasteiger partial charge on any atom is -0.481 e. The number of aromatic amines is 1. The quantitative estimate of drug-likeness (QED) is 0.837. The lowest BCUT2D eigenvalue weighted by molar-refractivity contribution is -0.137. The Balaban J connectivity index is -0.000000276. The number of pyridine rings is 1. The molecular weight excluding hydrogens is 306 g/mol. The average molecular weight is 331 g/mol. The predicted molar refractivity (Wildman–Crippen MR) is 94.9 cm³/mol. The summed E-state index contributed by atoms with van der Waals surface area (Å²) in [5, 5.41) is 20.9. The number of nitrogens with zero attached hydrogens (tertiary/aromatic N) is 4. The van der Waals surface area contributed by atoms with Crippen LogP contribution in [0, 0.1) is 32.6 Å². The molecule has 2 aromatic heterocycles. The Labute approximate surface area is 143 Å². The Morgan fingerprint density at radius 2 is 1.67 bits per heavy atom. The summed E-state index contributed by atoms with van der Waals surface area (Å²) in [5.41, 5.74) is 1.26. The zero-order valence-corrected chi connectivity index (χ0v) is 14.4. The largest absolute Gasteiger partial charge is 0.481 e. The molecule has 0 spiro atoms. The zero-order valence-electron chi connectivity index (χ0n) is 14.4. The smallest absolute Gasteiger partial charge is 0.303 e. The monoisotopic (exact) mass is 331 g/mol. The first-order valence-corrected chi connectivity index (χ1v) is 7.07. The number of aryl methyl sites for hydroxylation is 2. The summed E-state index contributed by atoms with van der Waals surface area (Å²) in [7, 11) is 0. The number of hydrogen-bond acceptors (Lipinski definition) is 5. The molecule has 0 aromatic carbocycles. The normalized spacial score (nSPS) is 7.46. The molecule has 2 rings (SSSR count). The van der Waals surface area contributed by atoms with E-state index < -0.39 is 5.97 Å². The number of aromatic nitrogens is 5. The maximum atomic E-state index is 10.0. The summed E-state index contributed by atoms with van der Waals surface area (Å²) < 4.78 is 0. The van der Waals surface area contributed by atoms with Crippen molar-refractivity contribution in [3.63, 3.8) is 0 Å². The van der Waals surface area contributed by atoms with Gasteiger partial charge in [0.1, 0.15) is 0 Å². The summed E-state index contributed by atoms with van der Waals surface area (Å²) in [6.45, 7) is 6.29. The van der Waals surface area contributed by atoms with Crippen LogP contribution in [0.3, 0.4) is 0 Å². The zero-order chi connectivity index (χ0) is 19.2. The van der Waals surface area contributed by atoms with Crippen molar-refractivity contribution in [2.45, 2.75) is 40.0 Å². The third kappa shape index (κ3) is 21.1. The number of terminal acetylenes is 2. The molecule has 0 aliphatic rings. The Kier molecular flexibility index (Phi) is 23.7. The first kappa shape index (κ1) is 25.7. The fraction of sp³-hybridized carbons (Fsp3) is 0.353. The highest BCUT2D eigenvalue weighted by molar-refractivity contribution is 5.66. The molecule has 7 nitrogen and oxygen atoms in total. The van der Waals surface area contributed by atoms with Crippen LogP contribution >= 0.6 is 0 Å². The van der Waals surface area contributed by atoms with E-state index in [4.69, 9.17) is 5.11 Å². The molecule has 0 fully saturated rings. The summed E-state index contributed by atoms with van der Waals surface area (Å²) >= 11 is 0. The number of rotatable bonds is 3. The van der Waals surface area contributed by atoms with Gasteiger partial charge in [0.25, 0.3) is 0 Å². The van der Waals surface area contributed by atoms with Gasteiger partial charge in [-0.25, -0.2) is 0 Å². The van der Waals surface area contributed by atoms with Crippen LogP contribution in [0.1, 0.15) is 38.1 Å². The van der Waals surface area contributed by atoms with Gasteiger partial charge < -0.3 is 5.11 Å². The van der Waals surface area contributed by atoms with Gasteiger partial charge >= 0.3 is 5.97 Å². The molecule has 2 heterocycles. The highest BCUT2D eigenvalue weighted by Crippen LogP contribution is 1.90. The number of aliphatic carboxylic acids is 1. The van der Waals surface area contributed by atoms with Crippen LogP contribution in [-0.4, -0.2) is 36.7 Å². The fourth-order valence-electron chi connectivity index (χ4n) is 0.934. The molecule has 7 heteroatoms. The Morgan fingerprint density at radius 1 is 1.17 bits per heavy atom. The summed E-state index contributed by atoms with van der Waals surface area (Å²) in [5.74, 6) is -0.424. The van der Waals surface area contributed by atoms with Crippen molar-refractivity contribution in [1.82, 2.24) is 25.6 Å². The van der Waals surface area contributed by atoms with Crippen molar-refractivity contribution in [3.05, 3.63) is 35.9 Å². The van der Waals surface area contributed by atoms with Gasteiger partial charge in [-0.2, -0.15) is 5.21 Å². The van der Waals surface area contributed by atoms with E-state index in [1.54, 1.807) is 12.4 Å². The van der Waals surface area contributed by atoms with E-state index in [1.807, 2.05) is 19.1 Å². The minimum atomic E-state index is -0.857. The predicted octanol–water partition coefficient (Wildman–Crippen LogP) is 2.52. The Bertz CT molecular complexity index is 516. The molecule has 0 saturated heterocycles. The third-order valence-corrected chi connectivity index (χ3v) is 1.80. The van der Waals surface area contributed by atoms with E-state index in [0.717, 1.165) is 0 Å². The number of carboxylic acids is 1. The molecular formula is C17H25N5O2. The number of hydrogen-bond donors (Lipinski definition) is 2. The molecule has 0 saturated carbocycles. The van der Waals surface area contributed by atoms with E-state index in [-0.39, 0.29) is 6.42 Å². The first-order valence-electron chi connectivity index (χ1n) is 7.07. The van der Waals surface area contributed by atoms with Gasteiger partial charge in [0.05, 0.1) is 6.42 Å². The number of nitrogens with one attached hydrogen (secondary N) is 1. The molecule has 0 bridgehead atoms. The van der Waals surface area contributed by atoms with Gasteiger partial charge in [-0.1, -0.05) is 25.5 Å². The van der Waals surface area contributed by atoms with Crippen LogP contribution in [0.5, 0.6) is 0 Å². The molecule has 130 valence electrons. The Morgan fingerprint density at radius 3 is 1.96 bits per heavy atom. The second kappa shape index (κ2) is 22.1. The van der Waals surface area contributed by atoms with Crippen molar-refractivity contribution in [2.24, 2.45) is 0 Å². The van der Waals surface area contributed by atoms with E-state index in [0.29, 0.717) is 12.2 Å². The van der Waals surface area contributed by atoms with E-state index in [2.05, 4.69) is 65.1 Å². The van der Waals surface area contributed by atoms with Crippen molar-refractivity contribution in [1.29, 1.82) is 0 Å². The van der Waals surface area contributed by atoms with Gasteiger partial charge in [0, 0.05) is 18.8 Å². The summed E-state index contributed by atoms with van der Waals surface area (Å²) in [6, 6.07) is 3.94. The fourth-order valence-corrected chi connectivity index (χ4v) is 0.934. The lowest BCUT2D eigenvalue weighted by Crippen LogP contribution is -1.98. The van der Waals surface area contributed by atoms with E-state index in [9.17, 15) is 4.79 Å². The highest BCUT2D eigenvalue weighted by Gasteiger charge is 2.01. The molecule has 2 N–H and O–H groups in total. The van der Waals surface area contributed by atoms with Crippen LogP contribution in [0.15, 0.2) is 24.5 Å². The lowest BCUT2D eigenvalue weighted by Gasteiger charge is -1.85. The molecule has 0 radical (unpaired) electrons. The average Bonchev–Trinajstić information content (AvgIpc) is 3.12. The third-order valence-electron chi connectivity index (χ3n) is 1.80. The van der Waals surface area contributed by atoms with Crippen LogP contribution < -0.4 is 0 Å². The molecule has 0 aliphatic heterocycles. The maximum Gasteiger partial charge on any atom is 0.303 e. The lowest BCUT2D eigenvalue weighted by atomic mass is 10.3. The molecule has 0 atom stereocenters. The van der Waals surface area contributed by atoms with Crippen molar-refractivity contribution >= 4 is 5.97 Å². The minimum absolute atomic E-state index is 0.0412. The van der Waals surface area contributed by atoms with Crippen molar-refractivity contribution in [2.75, 3.05) is 0 Å². The molecule has 2 aromatic rings. The van der Waals surface area contributed by atoms with Crippen LogP contribution in [-0.2, 0) is 11.2 Å². The number of tetrazole rings is 1. The molecule has 0 unspecified atom stereocenters. The van der Waals surface area contributed by atoms with Crippen LogP contribution in [0.25, 0.3) is 0 Å². The van der Waals surface area contributed by atoms with E-state index >= 15 is 0 Å². The second-order valence-electron chi connectivity index (χ2n) is 3.95. The molecule has 0 amide bonds. The standard InChI is InChI=1S/C6H7N.C4H6N4O2.C3H8.2C2H2/c1-6-2-4-7-5-3-6;9-4(10)2-1-3-5-7-8-6-3;1-3-2;2*1-2/h2-5H,1H3;1-2H2,(H,9,10)(H,5,6,7,8);3H2,1-2H3;2*1-2H. The van der Waals surface area contributed by atoms with Gasteiger partial charge in [0.2, 0.25) is 0 Å². The van der Waals surface area contributed by atoms with Crippen molar-refractivity contribution in [3.8, 4) is 25.7 Å². The first-order chi connectivity index (χ1) is 11.6. The Hall–Kier alpha value is -3.19. The number of H-pyrrole nitrogens is 1. The summed E-state index contributed by atoms with van der Waals surface area (Å²) in [6.07, 6.45) is 21.2. The van der Waals surface area contributed by atoms with Crippen molar-refractivity contribution < 1.29 is 9.90 Å². The maximum absolute atomic E-state index is 10.0. The molecule has 0 aliphatic carbocycles. The molecule has 24 heavy (non-hydrogen) atoms. The van der Waals surface area contributed by atoms with Gasteiger partial charge in [0.15, 0.2) is 5.82 Å². The SMILES string of the molecule is C#C.C#C.CCC.Cc1ccncc1.O=C(O)CCc1nn[nH]n1. The van der Waals surface area contributed by atoms with Gasteiger partial charge in [-0.15, -0.1) is 35.9 Å². The van der Waals surface area contributed by atoms with Gasteiger partial charge in [-0.3, -0.25) is 9.78 Å². The number of carbonyl (C=O) groups is 1. The topological polar surface area (TPSA) is 105 Å². The number of carboxylic acid groups (broad SMARTS) is 1. The van der Waals surface area contributed by atoms with Crippen LogP contribution in [0.4, 0.5) is 0 Å².